The van der Waals surface area contributed by atoms with Crippen molar-refractivity contribution < 1.29 is 14.3 Å². The number of pyridine rings is 1. The third-order valence-corrected chi connectivity index (χ3v) is 4.87. The van der Waals surface area contributed by atoms with Crippen LogP contribution in [0.4, 0.5) is 16.2 Å². The molecular formula is C21H24N6O3. The van der Waals surface area contributed by atoms with Crippen LogP contribution < -0.4 is 16.0 Å². The van der Waals surface area contributed by atoms with Crippen LogP contribution in [0.5, 0.6) is 0 Å². The van der Waals surface area contributed by atoms with Gasteiger partial charge in [0.05, 0.1) is 18.9 Å². The van der Waals surface area contributed by atoms with Crippen molar-refractivity contribution in [3.63, 3.8) is 0 Å². The summed E-state index contributed by atoms with van der Waals surface area (Å²) in [6, 6.07) is 10.0. The second-order valence-corrected chi connectivity index (χ2v) is 6.98. The molecule has 30 heavy (non-hydrogen) atoms. The number of benzene rings is 1. The van der Waals surface area contributed by atoms with Gasteiger partial charge in [-0.15, -0.1) is 0 Å². The highest BCUT2D eigenvalue weighted by Gasteiger charge is 2.11. The van der Waals surface area contributed by atoms with Crippen LogP contribution in [0.3, 0.4) is 0 Å². The molecule has 0 aliphatic carbocycles. The molecule has 156 valence electrons. The number of anilines is 2. The molecule has 0 radical (unpaired) electrons. The summed E-state index contributed by atoms with van der Waals surface area (Å²) in [6.07, 6.45) is 5.29. The summed E-state index contributed by atoms with van der Waals surface area (Å²) in [5, 5.41) is 8.46. The Balaban J connectivity index is 1.25. The highest BCUT2D eigenvalue weighted by Crippen LogP contribution is 2.13. The zero-order valence-corrected chi connectivity index (χ0v) is 16.5. The van der Waals surface area contributed by atoms with Gasteiger partial charge >= 0.3 is 6.03 Å². The van der Waals surface area contributed by atoms with Crippen molar-refractivity contribution in [1.29, 1.82) is 0 Å². The average molecular weight is 408 g/mol. The molecule has 1 fully saturated rings. The molecule has 1 aliphatic rings. The summed E-state index contributed by atoms with van der Waals surface area (Å²) < 4.78 is 7.14. The van der Waals surface area contributed by atoms with E-state index in [2.05, 4.69) is 25.8 Å². The lowest BCUT2D eigenvalue weighted by molar-refractivity contribution is 0.0383. The molecule has 0 saturated carbocycles. The number of nitrogens with zero attached hydrogens (tertiary/aromatic N) is 3. The number of imidazole rings is 1. The van der Waals surface area contributed by atoms with Crippen molar-refractivity contribution in [3.05, 3.63) is 60.6 Å². The number of carbonyl (C=O) groups excluding carboxylic acids is 2. The molecule has 3 aromatic rings. The molecule has 3 N–H and O–H groups in total. The monoisotopic (exact) mass is 408 g/mol. The molecule has 1 saturated heterocycles. The fraction of sp³-hybridized carbons (Fsp3) is 0.286. The van der Waals surface area contributed by atoms with Crippen molar-refractivity contribution in [2.75, 3.05) is 50.0 Å². The number of amides is 3. The fourth-order valence-corrected chi connectivity index (χ4v) is 3.25. The molecule has 0 unspecified atom stereocenters. The molecule has 0 spiro atoms. The van der Waals surface area contributed by atoms with E-state index in [1.165, 1.54) is 0 Å². The Bertz CT molecular complexity index is 1010. The first-order chi connectivity index (χ1) is 14.7. The molecule has 3 heterocycles. The standard InChI is InChI=1S/C21H24N6O3/c28-20(23-7-9-26-11-13-30-14-12-26)16-1-3-17(4-2-16)24-21(29)25-18-5-6-19-22-8-10-27(19)15-18/h1-6,8,10,15H,7,9,11-14H2,(H,23,28)(H2,24,25,29). The second kappa shape index (κ2) is 9.38. The van der Waals surface area contributed by atoms with E-state index in [1.54, 1.807) is 42.7 Å². The average Bonchev–Trinajstić information content (AvgIpc) is 3.23. The van der Waals surface area contributed by atoms with Crippen LogP contribution in [-0.4, -0.2) is 65.6 Å². The van der Waals surface area contributed by atoms with E-state index < -0.39 is 0 Å². The molecule has 1 aliphatic heterocycles. The van der Waals surface area contributed by atoms with Gasteiger partial charge in [-0.1, -0.05) is 0 Å². The number of rotatable bonds is 6. The van der Waals surface area contributed by atoms with E-state index in [4.69, 9.17) is 4.74 Å². The number of carbonyl (C=O) groups is 2. The van der Waals surface area contributed by atoms with Gasteiger partial charge in [-0.3, -0.25) is 9.69 Å². The topological polar surface area (TPSA) is 100 Å². The van der Waals surface area contributed by atoms with E-state index in [1.807, 2.05) is 16.7 Å². The van der Waals surface area contributed by atoms with Crippen molar-refractivity contribution in [2.45, 2.75) is 0 Å². The Morgan fingerprint density at radius 2 is 1.73 bits per heavy atom. The van der Waals surface area contributed by atoms with Crippen molar-refractivity contribution in [2.24, 2.45) is 0 Å². The summed E-state index contributed by atoms with van der Waals surface area (Å²) in [7, 11) is 0. The van der Waals surface area contributed by atoms with E-state index in [0.717, 1.165) is 38.5 Å². The highest BCUT2D eigenvalue weighted by atomic mass is 16.5. The Labute approximate surface area is 174 Å². The zero-order valence-electron chi connectivity index (χ0n) is 16.5. The summed E-state index contributed by atoms with van der Waals surface area (Å²) in [4.78, 5) is 30.9. The predicted octanol–water partition coefficient (Wildman–Crippen LogP) is 2.04. The van der Waals surface area contributed by atoms with Crippen molar-refractivity contribution in [1.82, 2.24) is 19.6 Å². The van der Waals surface area contributed by atoms with Crippen LogP contribution in [0.25, 0.3) is 5.65 Å². The molecule has 9 nitrogen and oxygen atoms in total. The normalized spacial score (nSPS) is 14.4. The first-order valence-corrected chi connectivity index (χ1v) is 9.86. The predicted molar refractivity (Wildman–Crippen MR) is 114 cm³/mol. The van der Waals surface area contributed by atoms with E-state index in [-0.39, 0.29) is 11.9 Å². The minimum atomic E-state index is -0.364. The first-order valence-electron chi connectivity index (χ1n) is 9.86. The van der Waals surface area contributed by atoms with Crippen LogP contribution in [0.2, 0.25) is 0 Å². The minimum absolute atomic E-state index is 0.132. The second-order valence-electron chi connectivity index (χ2n) is 6.98. The number of ether oxygens (including phenoxy) is 1. The van der Waals surface area contributed by atoms with Crippen LogP contribution in [0.15, 0.2) is 55.0 Å². The van der Waals surface area contributed by atoms with Crippen LogP contribution in [0, 0.1) is 0 Å². The van der Waals surface area contributed by atoms with Gasteiger partial charge in [-0.25, -0.2) is 9.78 Å². The lowest BCUT2D eigenvalue weighted by Gasteiger charge is -2.26. The third kappa shape index (κ3) is 5.13. The number of nitrogens with one attached hydrogen (secondary N) is 3. The Hall–Kier alpha value is -3.43. The van der Waals surface area contributed by atoms with Gasteiger partial charge in [0.2, 0.25) is 0 Å². The first kappa shape index (κ1) is 19.9. The summed E-state index contributed by atoms with van der Waals surface area (Å²) in [5.41, 5.74) is 2.60. The molecule has 9 heteroatoms. The van der Waals surface area contributed by atoms with Gasteiger partial charge in [0.25, 0.3) is 5.91 Å². The van der Waals surface area contributed by atoms with Crippen LogP contribution in [-0.2, 0) is 4.74 Å². The molecule has 1 aromatic carbocycles. The van der Waals surface area contributed by atoms with Gasteiger partial charge in [-0.2, -0.15) is 0 Å². The SMILES string of the molecule is O=C(Nc1ccc(C(=O)NCCN2CCOCC2)cc1)Nc1ccc2nccn2c1. The Kier molecular flexibility index (Phi) is 6.21. The smallest absolute Gasteiger partial charge is 0.323 e. The van der Waals surface area contributed by atoms with Crippen molar-refractivity contribution in [3.8, 4) is 0 Å². The van der Waals surface area contributed by atoms with Crippen LogP contribution >= 0.6 is 0 Å². The molecule has 0 bridgehead atoms. The molecule has 0 atom stereocenters. The maximum absolute atomic E-state index is 12.3. The Morgan fingerprint density at radius 1 is 1.00 bits per heavy atom. The van der Waals surface area contributed by atoms with Crippen molar-refractivity contribution >= 4 is 29.0 Å². The number of urea groups is 1. The number of morpholine rings is 1. The molecular weight excluding hydrogens is 384 g/mol. The van der Waals surface area contributed by atoms with E-state index >= 15 is 0 Å². The molecule has 2 aromatic heterocycles. The van der Waals surface area contributed by atoms with E-state index in [0.29, 0.717) is 23.5 Å². The minimum Gasteiger partial charge on any atom is -0.379 e. The third-order valence-electron chi connectivity index (χ3n) is 4.87. The molecule has 3 amide bonds. The summed E-state index contributed by atoms with van der Waals surface area (Å²) in [6.45, 7) is 4.67. The van der Waals surface area contributed by atoms with Gasteiger partial charge < -0.3 is 25.1 Å². The number of hydrogen-bond acceptors (Lipinski definition) is 5. The number of hydrogen-bond donors (Lipinski definition) is 3. The molecule has 4 rings (SSSR count). The highest BCUT2D eigenvalue weighted by molar-refractivity contribution is 6.00. The number of aromatic nitrogens is 2. The van der Waals surface area contributed by atoms with Crippen LogP contribution in [0.1, 0.15) is 10.4 Å². The zero-order chi connectivity index (χ0) is 20.8. The Morgan fingerprint density at radius 3 is 2.53 bits per heavy atom. The number of fused-ring (bicyclic) bond motifs is 1. The fourth-order valence-electron chi connectivity index (χ4n) is 3.25. The van der Waals surface area contributed by atoms with Gasteiger partial charge in [0.1, 0.15) is 5.65 Å². The van der Waals surface area contributed by atoms with Gasteiger partial charge in [0, 0.05) is 56.0 Å². The van der Waals surface area contributed by atoms with E-state index in [9.17, 15) is 9.59 Å². The largest absolute Gasteiger partial charge is 0.379 e. The lowest BCUT2D eigenvalue weighted by atomic mass is 10.2. The van der Waals surface area contributed by atoms with Gasteiger partial charge in [0.15, 0.2) is 0 Å². The quantitative estimate of drug-likeness (QED) is 0.580. The maximum Gasteiger partial charge on any atom is 0.323 e. The van der Waals surface area contributed by atoms with Gasteiger partial charge in [-0.05, 0) is 36.4 Å². The summed E-state index contributed by atoms with van der Waals surface area (Å²) in [5.74, 6) is -0.132. The maximum atomic E-state index is 12.3. The lowest BCUT2D eigenvalue weighted by Crippen LogP contribution is -2.41. The summed E-state index contributed by atoms with van der Waals surface area (Å²) >= 11 is 0.